The average molecular weight is 346 g/mol. The van der Waals surface area contributed by atoms with Crippen LogP contribution in [-0.2, 0) is 5.75 Å². The van der Waals surface area contributed by atoms with Gasteiger partial charge in [0.2, 0.25) is 11.7 Å². The van der Waals surface area contributed by atoms with Crippen LogP contribution in [0.5, 0.6) is 0 Å². The molecule has 0 atom stereocenters. The fourth-order valence-electron chi connectivity index (χ4n) is 1.93. The molecule has 7 nitrogen and oxygen atoms in total. The van der Waals surface area contributed by atoms with Crippen LogP contribution in [0.2, 0.25) is 0 Å². The predicted octanol–water partition coefficient (Wildman–Crippen LogP) is 4.04. The molecule has 0 fully saturated rings. The molecule has 0 aliphatic carbocycles. The van der Waals surface area contributed by atoms with E-state index in [1.54, 1.807) is 23.7 Å². The number of rotatable bonds is 5. The van der Waals surface area contributed by atoms with Gasteiger partial charge in [-0.2, -0.15) is 4.98 Å². The molecule has 4 rings (SSSR count). The summed E-state index contributed by atoms with van der Waals surface area (Å²) in [4.78, 5) is 5.32. The van der Waals surface area contributed by atoms with E-state index in [9.17, 15) is 0 Å². The van der Waals surface area contributed by atoms with Gasteiger partial charge < -0.3 is 13.4 Å². The highest BCUT2D eigenvalue weighted by atomic mass is 32.2. The second kappa shape index (κ2) is 6.01. The van der Waals surface area contributed by atoms with Gasteiger partial charge in [0.15, 0.2) is 0 Å². The summed E-state index contributed by atoms with van der Waals surface area (Å²) in [6.45, 7) is 1.84. The second-order valence-electron chi connectivity index (χ2n) is 4.54. The van der Waals surface area contributed by atoms with Crippen LogP contribution in [0.15, 0.2) is 48.4 Å². The molecule has 0 bridgehead atoms. The molecule has 0 spiro atoms. The van der Waals surface area contributed by atoms with Crippen molar-refractivity contribution in [2.24, 2.45) is 0 Å². The summed E-state index contributed by atoms with van der Waals surface area (Å²) in [6, 6.07) is 5.69. The second-order valence-corrected chi connectivity index (χ2v) is 6.42. The first-order chi connectivity index (χ1) is 11.3. The maximum atomic E-state index is 5.60. The topological polar surface area (TPSA) is 91.0 Å². The first-order valence-electron chi connectivity index (χ1n) is 6.67. The van der Waals surface area contributed by atoms with Crippen LogP contribution in [0, 0.1) is 6.92 Å². The minimum absolute atomic E-state index is 0.434. The minimum atomic E-state index is 0.434. The maximum Gasteiger partial charge on any atom is 0.277 e. The van der Waals surface area contributed by atoms with E-state index < -0.39 is 0 Å². The third kappa shape index (κ3) is 2.92. The highest BCUT2D eigenvalue weighted by molar-refractivity contribution is 7.98. The Morgan fingerprint density at radius 1 is 1.26 bits per heavy atom. The Labute approximate surface area is 138 Å². The molecule has 4 heterocycles. The van der Waals surface area contributed by atoms with Gasteiger partial charge in [-0.05, 0) is 24.4 Å². The highest BCUT2D eigenvalue weighted by Gasteiger charge is 2.15. The van der Waals surface area contributed by atoms with Crippen molar-refractivity contribution < 1.29 is 13.4 Å². The molecular formula is C14H10N4O3S2. The lowest BCUT2D eigenvalue weighted by atomic mass is 10.3. The van der Waals surface area contributed by atoms with Gasteiger partial charge in [0.25, 0.3) is 11.1 Å². The van der Waals surface area contributed by atoms with Crippen LogP contribution in [0.25, 0.3) is 22.2 Å². The molecular weight excluding hydrogens is 336 g/mol. The zero-order valence-electron chi connectivity index (χ0n) is 11.9. The molecule has 9 heteroatoms. The van der Waals surface area contributed by atoms with Gasteiger partial charge >= 0.3 is 0 Å². The van der Waals surface area contributed by atoms with Gasteiger partial charge in [-0.15, -0.1) is 21.5 Å². The number of aryl methyl sites for hydroxylation is 1. The molecule has 0 amide bonds. The number of aromatic nitrogens is 4. The number of thioether (sulfide) groups is 1. The van der Waals surface area contributed by atoms with E-state index in [-0.39, 0.29) is 0 Å². The van der Waals surface area contributed by atoms with Gasteiger partial charge in [0.1, 0.15) is 5.76 Å². The summed E-state index contributed by atoms with van der Waals surface area (Å²) in [7, 11) is 0. The largest absolute Gasteiger partial charge is 0.469 e. The van der Waals surface area contributed by atoms with Gasteiger partial charge in [-0.25, -0.2) is 0 Å². The summed E-state index contributed by atoms with van der Waals surface area (Å²) >= 11 is 2.91. The van der Waals surface area contributed by atoms with Crippen molar-refractivity contribution in [1.29, 1.82) is 0 Å². The number of furan rings is 1. The first kappa shape index (κ1) is 14.2. The van der Waals surface area contributed by atoms with E-state index >= 15 is 0 Å². The Morgan fingerprint density at radius 3 is 3.00 bits per heavy atom. The Kier molecular flexibility index (Phi) is 3.72. The highest BCUT2D eigenvalue weighted by Crippen LogP contribution is 2.28. The lowest BCUT2D eigenvalue weighted by Gasteiger charge is -1.91. The predicted molar refractivity (Wildman–Crippen MR) is 83.9 cm³/mol. The van der Waals surface area contributed by atoms with Gasteiger partial charge in [0, 0.05) is 0 Å². The van der Waals surface area contributed by atoms with E-state index in [1.165, 1.54) is 11.8 Å². The molecule has 0 N–H and O–H groups in total. The van der Waals surface area contributed by atoms with E-state index in [2.05, 4.69) is 20.3 Å². The maximum absolute atomic E-state index is 5.60. The first-order valence-corrected chi connectivity index (χ1v) is 8.53. The van der Waals surface area contributed by atoms with E-state index in [0.717, 1.165) is 16.2 Å². The smallest absolute Gasteiger partial charge is 0.277 e. The van der Waals surface area contributed by atoms with Crippen LogP contribution in [-0.4, -0.2) is 20.3 Å². The molecule has 0 aliphatic rings. The van der Waals surface area contributed by atoms with Crippen molar-refractivity contribution in [2.45, 2.75) is 17.9 Å². The normalized spacial score (nSPS) is 11.2. The fourth-order valence-corrected chi connectivity index (χ4v) is 3.18. The van der Waals surface area contributed by atoms with Crippen molar-refractivity contribution in [3.05, 3.63) is 41.5 Å². The number of thiophene rings is 1. The number of hydrogen-bond acceptors (Lipinski definition) is 9. The standard InChI is InChI=1S/C14H10N4O3S2/c1-8-9(4-5-19-8)13-16-17-14(20-13)23-7-11-15-12(18-21-11)10-3-2-6-22-10/h2-6H,7H2,1H3. The molecule has 0 aromatic carbocycles. The van der Waals surface area contributed by atoms with Gasteiger partial charge in [-0.1, -0.05) is 23.0 Å². The number of nitrogens with zero attached hydrogens (tertiary/aromatic N) is 4. The van der Waals surface area contributed by atoms with Crippen molar-refractivity contribution in [3.63, 3.8) is 0 Å². The quantitative estimate of drug-likeness (QED) is 0.500. The molecule has 0 unspecified atom stereocenters. The molecule has 0 saturated carbocycles. The summed E-state index contributed by atoms with van der Waals surface area (Å²) in [5.41, 5.74) is 0.794. The monoisotopic (exact) mass is 346 g/mol. The minimum Gasteiger partial charge on any atom is -0.469 e. The van der Waals surface area contributed by atoms with E-state index in [0.29, 0.717) is 28.6 Å². The van der Waals surface area contributed by atoms with Gasteiger partial charge in [-0.3, -0.25) is 0 Å². The van der Waals surface area contributed by atoms with Crippen molar-refractivity contribution in [1.82, 2.24) is 20.3 Å². The summed E-state index contributed by atoms with van der Waals surface area (Å²) in [5.74, 6) is 2.74. The Balaban J connectivity index is 1.44. The molecule has 116 valence electrons. The summed E-state index contributed by atoms with van der Waals surface area (Å²) in [5, 5.41) is 14.4. The van der Waals surface area contributed by atoms with Crippen LogP contribution < -0.4 is 0 Å². The van der Waals surface area contributed by atoms with Gasteiger partial charge in [0.05, 0.1) is 22.5 Å². The lowest BCUT2D eigenvalue weighted by molar-refractivity contribution is 0.391. The third-order valence-corrected chi connectivity index (χ3v) is 4.69. The molecule has 0 aliphatic heterocycles. The van der Waals surface area contributed by atoms with Crippen LogP contribution in [0.1, 0.15) is 11.7 Å². The molecule has 23 heavy (non-hydrogen) atoms. The summed E-state index contributed by atoms with van der Waals surface area (Å²) in [6.07, 6.45) is 1.59. The Bertz CT molecular complexity index is 910. The molecule has 4 aromatic heterocycles. The van der Waals surface area contributed by atoms with Crippen molar-refractivity contribution in [3.8, 4) is 22.2 Å². The molecule has 0 radical (unpaired) electrons. The van der Waals surface area contributed by atoms with E-state index in [4.69, 9.17) is 13.4 Å². The Hall–Kier alpha value is -2.39. The van der Waals surface area contributed by atoms with E-state index in [1.807, 2.05) is 24.4 Å². The van der Waals surface area contributed by atoms with Crippen LogP contribution in [0.3, 0.4) is 0 Å². The SMILES string of the molecule is Cc1occc1-c1nnc(SCc2nc(-c3cccs3)no2)o1. The zero-order chi connectivity index (χ0) is 15.6. The number of hydrogen-bond donors (Lipinski definition) is 0. The summed E-state index contributed by atoms with van der Waals surface area (Å²) < 4.78 is 16.1. The lowest BCUT2D eigenvalue weighted by Crippen LogP contribution is -1.81. The molecule has 0 saturated heterocycles. The molecule has 4 aromatic rings. The van der Waals surface area contributed by atoms with Crippen LogP contribution in [0.4, 0.5) is 0 Å². The Morgan fingerprint density at radius 2 is 2.22 bits per heavy atom. The third-order valence-electron chi connectivity index (χ3n) is 3.02. The zero-order valence-corrected chi connectivity index (χ0v) is 13.6. The van der Waals surface area contributed by atoms with Crippen molar-refractivity contribution in [2.75, 3.05) is 0 Å². The van der Waals surface area contributed by atoms with Crippen LogP contribution >= 0.6 is 23.1 Å². The fraction of sp³-hybridized carbons (Fsp3) is 0.143. The average Bonchev–Trinajstić information content (AvgIpc) is 3.32. The van der Waals surface area contributed by atoms with Crippen molar-refractivity contribution >= 4 is 23.1 Å².